The number of hydrogen-bond donors (Lipinski definition) is 0. The van der Waals surface area contributed by atoms with Crippen LogP contribution in [0.2, 0.25) is 0 Å². The van der Waals surface area contributed by atoms with Gasteiger partial charge in [0.2, 0.25) is 11.8 Å². The Bertz CT molecular complexity index is 654. The summed E-state index contributed by atoms with van der Waals surface area (Å²) in [6.45, 7) is 4.91. The molecule has 7 nitrogen and oxygen atoms in total. The third-order valence-electron chi connectivity index (χ3n) is 3.80. The summed E-state index contributed by atoms with van der Waals surface area (Å²) in [6.07, 6.45) is 5.06. The summed E-state index contributed by atoms with van der Waals surface area (Å²) >= 11 is 0. The van der Waals surface area contributed by atoms with Crippen molar-refractivity contribution in [2.24, 2.45) is 0 Å². The van der Waals surface area contributed by atoms with E-state index in [-0.39, 0.29) is 11.8 Å². The van der Waals surface area contributed by atoms with Gasteiger partial charge in [0, 0.05) is 26.2 Å². The number of rotatable bonds is 2. The molecule has 1 amide bonds. The van der Waals surface area contributed by atoms with Crippen LogP contribution in [0.5, 0.6) is 0 Å². The Morgan fingerprint density at radius 2 is 2.29 bits per heavy atom. The van der Waals surface area contributed by atoms with Gasteiger partial charge in [0.1, 0.15) is 6.33 Å². The van der Waals surface area contributed by atoms with E-state index in [1.807, 2.05) is 11.8 Å². The maximum Gasteiger partial charge on any atom is 0.251 e. The maximum atomic E-state index is 11.5. The minimum Gasteiger partial charge on any atom is -0.420 e. The number of piperidine rings is 1. The fraction of sp³-hybridized carbons (Fsp3) is 0.500. The molecule has 0 spiro atoms. The largest absolute Gasteiger partial charge is 0.420 e. The summed E-state index contributed by atoms with van der Waals surface area (Å²) in [5, 5.41) is 8.23. The SMILES string of the molecule is CC(=O)N1CCC[C@H](c2nnc(-c3cncnc3C)o2)C1. The van der Waals surface area contributed by atoms with Crippen LogP contribution in [-0.2, 0) is 4.79 Å². The highest BCUT2D eigenvalue weighted by molar-refractivity contribution is 5.73. The number of carbonyl (C=O) groups is 1. The molecule has 2 aromatic rings. The first kappa shape index (κ1) is 13.7. The lowest BCUT2D eigenvalue weighted by atomic mass is 9.98. The van der Waals surface area contributed by atoms with E-state index >= 15 is 0 Å². The molecule has 0 saturated carbocycles. The van der Waals surface area contributed by atoms with Crippen LogP contribution in [0.1, 0.15) is 37.3 Å². The molecule has 2 aromatic heterocycles. The summed E-state index contributed by atoms with van der Waals surface area (Å²) < 4.78 is 5.78. The van der Waals surface area contributed by atoms with Crippen LogP contribution in [0.15, 0.2) is 16.9 Å². The topological polar surface area (TPSA) is 85.0 Å². The molecule has 21 heavy (non-hydrogen) atoms. The highest BCUT2D eigenvalue weighted by Crippen LogP contribution is 2.28. The average Bonchev–Trinajstić information content (AvgIpc) is 2.97. The van der Waals surface area contributed by atoms with Crippen molar-refractivity contribution in [2.45, 2.75) is 32.6 Å². The van der Waals surface area contributed by atoms with Crippen molar-refractivity contribution in [1.82, 2.24) is 25.1 Å². The van der Waals surface area contributed by atoms with Gasteiger partial charge >= 0.3 is 0 Å². The Hall–Kier alpha value is -2.31. The van der Waals surface area contributed by atoms with Gasteiger partial charge < -0.3 is 9.32 Å². The van der Waals surface area contributed by atoms with Gasteiger partial charge in [-0.1, -0.05) is 0 Å². The molecular weight excluding hydrogens is 270 g/mol. The van der Waals surface area contributed by atoms with Crippen molar-refractivity contribution >= 4 is 5.91 Å². The van der Waals surface area contributed by atoms with Crippen molar-refractivity contribution in [3.63, 3.8) is 0 Å². The van der Waals surface area contributed by atoms with E-state index in [9.17, 15) is 4.79 Å². The Morgan fingerprint density at radius 1 is 1.43 bits per heavy atom. The lowest BCUT2D eigenvalue weighted by molar-refractivity contribution is -0.130. The normalized spacial score (nSPS) is 18.8. The van der Waals surface area contributed by atoms with Gasteiger partial charge in [0.05, 0.1) is 17.2 Å². The average molecular weight is 287 g/mol. The predicted molar refractivity (Wildman–Crippen MR) is 74.3 cm³/mol. The standard InChI is InChI=1S/C14H17N5O2/c1-9-12(6-15-8-16-9)14-18-17-13(21-14)11-4-3-5-19(7-11)10(2)20/h6,8,11H,3-5,7H2,1-2H3/t11-/m0/s1. The molecule has 3 rings (SSSR count). The van der Waals surface area contributed by atoms with Crippen LogP contribution in [0.25, 0.3) is 11.5 Å². The molecular formula is C14H17N5O2. The monoisotopic (exact) mass is 287 g/mol. The highest BCUT2D eigenvalue weighted by atomic mass is 16.4. The van der Waals surface area contributed by atoms with Crippen LogP contribution >= 0.6 is 0 Å². The molecule has 1 atom stereocenters. The number of aromatic nitrogens is 4. The molecule has 1 fully saturated rings. The van der Waals surface area contributed by atoms with Crippen LogP contribution in [-0.4, -0.2) is 44.1 Å². The number of amides is 1. The number of likely N-dealkylation sites (tertiary alicyclic amines) is 1. The first-order valence-electron chi connectivity index (χ1n) is 7.01. The summed E-state index contributed by atoms with van der Waals surface area (Å²) in [5.74, 6) is 1.21. The molecule has 110 valence electrons. The van der Waals surface area contributed by atoms with E-state index in [1.54, 1.807) is 13.1 Å². The quantitative estimate of drug-likeness (QED) is 0.833. The summed E-state index contributed by atoms with van der Waals surface area (Å²) in [6, 6.07) is 0. The number of aryl methyl sites for hydroxylation is 1. The van der Waals surface area contributed by atoms with Crippen molar-refractivity contribution in [3.05, 3.63) is 24.1 Å². The lowest BCUT2D eigenvalue weighted by Gasteiger charge is -2.30. The number of hydrogen-bond acceptors (Lipinski definition) is 6. The van der Waals surface area contributed by atoms with Crippen LogP contribution in [0.3, 0.4) is 0 Å². The molecule has 1 aliphatic rings. The van der Waals surface area contributed by atoms with E-state index in [2.05, 4.69) is 20.2 Å². The number of carbonyl (C=O) groups excluding carboxylic acids is 1. The van der Waals surface area contributed by atoms with E-state index in [1.165, 1.54) is 6.33 Å². The molecule has 3 heterocycles. The first-order valence-corrected chi connectivity index (χ1v) is 7.01. The Balaban J connectivity index is 1.82. The maximum absolute atomic E-state index is 11.5. The fourth-order valence-corrected chi connectivity index (χ4v) is 2.57. The van der Waals surface area contributed by atoms with E-state index in [4.69, 9.17) is 4.42 Å². The number of nitrogens with zero attached hydrogens (tertiary/aromatic N) is 5. The van der Waals surface area contributed by atoms with Crippen molar-refractivity contribution in [1.29, 1.82) is 0 Å². The van der Waals surface area contributed by atoms with Crippen molar-refractivity contribution < 1.29 is 9.21 Å². The second-order valence-electron chi connectivity index (χ2n) is 5.27. The molecule has 0 aliphatic carbocycles. The molecule has 0 radical (unpaired) electrons. The Morgan fingerprint density at radius 3 is 3.05 bits per heavy atom. The fourth-order valence-electron chi connectivity index (χ4n) is 2.57. The zero-order chi connectivity index (χ0) is 14.8. The summed E-state index contributed by atoms with van der Waals surface area (Å²) in [5.41, 5.74) is 1.55. The molecule has 1 saturated heterocycles. The Labute approximate surface area is 122 Å². The third kappa shape index (κ3) is 2.76. The minimum atomic E-state index is 0.0896. The van der Waals surface area contributed by atoms with Crippen LogP contribution in [0.4, 0.5) is 0 Å². The molecule has 1 aliphatic heterocycles. The summed E-state index contributed by atoms with van der Waals surface area (Å²) in [7, 11) is 0. The van der Waals surface area contributed by atoms with Gasteiger partial charge in [-0.15, -0.1) is 10.2 Å². The highest BCUT2D eigenvalue weighted by Gasteiger charge is 2.27. The van der Waals surface area contributed by atoms with E-state index in [0.717, 1.165) is 30.6 Å². The molecule has 0 bridgehead atoms. The van der Waals surface area contributed by atoms with Crippen molar-refractivity contribution in [2.75, 3.05) is 13.1 Å². The predicted octanol–water partition coefficient (Wildman–Crippen LogP) is 1.56. The molecule has 7 heteroatoms. The first-order chi connectivity index (χ1) is 10.1. The molecule has 0 N–H and O–H groups in total. The lowest BCUT2D eigenvalue weighted by Crippen LogP contribution is -2.37. The van der Waals surface area contributed by atoms with Gasteiger partial charge in [-0.25, -0.2) is 9.97 Å². The second-order valence-corrected chi connectivity index (χ2v) is 5.27. The Kier molecular flexibility index (Phi) is 3.64. The zero-order valence-electron chi connectivity index (χ0n) is 12.1. The molecule has 0 aromatic carbocycles. The third-order valence-corrected chi connectivity index (χ3v) is 3.80. The minimum absolute atomic E-state index is 0.0896. The molecule has 0 unspecified atom stereocenters. The second kappa shape index (κ2) is 5.59. The van der Waals surface area contributed by atoms with Gasteiger partial charge in [-0.2, -0.15) is 0 Å². The van der Waals surface area contributed by atoms with Gasteiger partial charge in [0.15, 0.2) is 0 Å². The zero-order valence-corrected chi connectivity index (χ0v) is 12.1. The van der Waals surface area contributed by atoms with E-state index < -0.39 is 0 Å². The van der Waals surface area contributed by atoms with Crippen molar-refractivity contribution in [3.8, 4) is 11.5 Å². The van der Waals surface area contributed by atoms with Crippen LogP contribution in [0, 0.1) is 6.92 Å². The van der Waals surface area contributed by atoms with E-state index in [0.29, 0.717) is 18.3 Å². The van der Waals surface area contributed by atoms with Gasteiger partial charge in [0.25, 0.3) is 5.89 Å². The van der Waals surface area contributed by atoms with Gasteiger partial charge in [-0.05, 0) is 19.8 Å². The van der Waals surface area contributed by atoms with Gasteiger partial charge in [-0.3, -0.25) is 4.79 Å². The van der Waals surface area contributed by atoms with Crippen LogP contribution < -0.4 is 0 Å². The smallest absolute Gasteiger partial charge is 0.251 e. The summed E-state index contributed by atoms with van der Waals surface area (Å²) in [4.78, 5) is 21.4.